The van der Waals surface area contributed by atoms with Gasteiger partial charge in [0.2, 0.25) is 0 Å². The molecule has 1 aliphatic heterocycles. The lowest BCUT2D eigenvalue weighted by atomic mass is 10.1. The first-order valence-electron chi connectivity index (χ1n) is 7.41. The zero-order valence-corrected chi connectivity index (χ0v) is 12.6. The van der Waals surface area contributed by atoms with Crippen molar-refractivity contribution >= 4 is 17.7 Å². The van der Waals surface area contributed by atoms with Gasteiger partial charge in [0.05, 0.1) is 6.04 Å². The topological polar surface area (TPSA) is 69.6 Å². The van der Waals surface area contributed by atoms with Crippen LogP contribution >= 0.6 is 11.8 Å². The molecule has 0 saturated carbocycles. The first-order valence-corrected chi connectivity index (χ1v) is 8.56. The van der Waals surface area contributed by atoms with Gasteiger partial charge < -0.3 is 15.5 Å². The van der Waals surface area contributed by atoms with Gasteiger partial charge >= 0.3 is 0 Å². The highest BCUT2D eigenvalue weighted by Gasteiger charge is 2.39. The Balaban J connectivity index is 1.93. The predicted octanol–water partition coefficient (Wildman–Crippen LogP) is 1.69. The van der Waals surface area contributed by atoms with E-state index in [1.165, 1.54) is 44.9 Å². The molecule has 2 unspecified atom stereocenters. The van der Waals surface area contributed by atoms with E-state index in [0.717, 1.165) is 5.75 Å². The van der Waals surface area contributed by atoms with Crippen LogP contribution in [0.4, 0.5) is 0 Å². The SMILES string of the molecule is CCCCCCCCCSC[C@H]1NC(=O)C(O)C1O. The third kappa shape index (κ3) is 6.15. The molecule has 0 aromatic heterocycles. The summed E-state index contributed by atoms with van der Waals surface area (Å²) in [7, 11) is 0. The number of aliphatic hydroxyl groups is 2. The van der Waals surface area contributed by atoms with E-state index < -0.39 is 18.1 Å². The summed E-state index contributed by atoms with van der Waals surface area (Å²) in [6.07, 6.45) is 6.88. The zero-order valence-electron chi connectivity index (χ0n) is 11.8. The first kappa shape index (κ1) is 16.8. The minimum absolute atomic E-state index is 0.294. The molecule has 1 amide bonds. The molecule has 0 aliphatic carbocycles. The zero-order chi connectivity index (χ0) is 14.1. The molecule has 5 heteroatoms. The number of thioether (sulfide) groups is 1. The smallest absolute Gasteiger partial charge is 0.251 e. The fraction of sp³-hybridized carbons (Fsp3) is 0.929. The van der Waals surface area contributed by atoms with Crippen molar-refractivity contribution in [2.45, 2.75) is 70.1 Å². The highest BCUT2D eigenvalue weighted by molar-refractivity contribution is 7.99. The Morgan fingerprint density at radius 1 is 1.11 bits per heavy atom. The van der Waals surface area contributed by atoms with E-state index in [2.05, 4.69) is 12.2 Å². The van der Waals surface area contributed by atoms with Crippen LogP contribution in [0, 0.1) is 0 Å². The second-order valence-electron chi connectivity index (χ2n) is 5.25. The van der Waals surface area contributed by atoms with Gasteiger partial charge in [-0.3, -0.25) is 4.79 Å². The van der Waals surface area contributed by atoms with E-state index in [4.69, 9.17) is 0 Å². The van der Waals surface area contributed by atoms with Crippen LogP contribution in [0.5, 0.6) is 0 Å². The van der Waals surface area contributed by atoms with E-state index >= 15 is 0 Å². The molecule has 0 aromatic carbocycles. The number of nitrogens with one attached hydrogen (secondary N) is 1. The Labute approximate surface area is 120 Å². The molecule has 0 radical (unpaired) electrons. The molecule has 3 atom stereocenters. The average Bonchev–Trinajstić information content (AvgIpc) is 2.64. The summed E-state index contributed by atoms with van der Waals surface area (Å²) >= 11 is 1.74. The largest absolute Gasteiger partial charge is 0.388 e. The number of amides is 1. The van der Waals surface area contributed by atoms with Crippen molar-refractivity contribution in [3.8, 4) is 0 Å². The van der Waals surface area contributed by atoms with Crippen molar-refractivity contribution in [2.24, 2.45) is 0 Å². The first-order chi connectivity index (χ1) is 9.16. The van der Waals surface area contributed by atoms with Crippen LogP contribution in [-0.2, 0) is 4.79 Å². The summed E-state index contributed by atoms with van der Waals surface area (Å²) in [5.74, 6) is 1.29. The number of carbonyl (C=O) groups is 1. The van der Waals surface area contributed by atoms with Gasteiger partial charge in [-0.2, -0.15) is 11.8 Å². The van der Waals surface area contributed by atoms with Gasteiger partial charge in [-0.1, -0.05) is 45.4 Å². The molecule has 1 rings (SSSR count). The predicted molar refractivity (Wildman–Crippen MR) is 79.3 cm³/mol. The van der Waals surface area contributed by atoms with E-state index in [1.807, 2.05) is 0 Å². The van der Waals surface area contributed by atoms with Crippen LogP contribution in [0.25, 0.3) is 0 Å². The monoisotopic (exact) mass is 289 g/mol. The molecular weight excluding hydrogens is 262 g/mol. The number of aliphatic hydroxyl groups excluding tert-OH is 2. The lowest BCUT2D eigenvalue weighted by Crippen LogP contribution is -2.35. The van der Waals surface area contributed by atoms with Gasteiger partial charge in [-0.25, -0.2) is 0 Å². The third-order valence-electron chi connectivity index (χ3n) is 3.52. The van der Waals surface area contributed by atoms with E-state index in [-0.39, 0.29) is 6.04 Å². The Morgan fingerprint density at radius 2 is 1.74 bits per heavy atom. The third-order valence-corrected chi connectivity index (χ3v) is 4.69. The molecule has 0 aromatic rings. The molecule has 4 nitrogen and oxygen atoms in total. The molecule has 1 saturated heterocycles. The Morgan fingerprint density at radius 3 is 2.32 bits per heavy atom. The fourth-order valence-corrected chi connectivity index (χ4v) is 3.35. The van der Waals surface area contributed by atoms with Gasteiger partial charge in [0.25, 0.3) is 5.91 Å². The van der Waals surface area contributed by atoms with Crippen molar-refractivity contribution in [1.82, 2.24) is 5.32 Å². The quantitative estimate of drug-likeness (QED) is 0.535. The van der Waals surface area contributed by atoms with Crippen LogP contribution in [0.15, 0.2) is 0 Å². The molecule has 1 heterocycles. The molecule has 0 bridgehead atoms. The van der Waals surface area contributed by atoms with Crippen molar-refractivity contribution < 1.29 is 15.0 Å². The second kappa shape index (κ2) is 9.61. The number of carbonyl (C=O) groups excluding carboxylic acids is 1. The molecule has 1 fully saturated rings. The summed E-state index contributed by atoms with van der Waals surface area (Å²) in [4.78, 5) is 11.1. The summed E-state index contributed by atoms with van der Waals surface area (Å²) in [5.41, 5.74) is 0. The molecule has 112 valence electrons. The summed E-state index contributed by atoms with van der Waals surface area (Å²) in [6.45, 7) is 2.23. The number of hydrogen-bond donors (Lipinski definition) is 3. The fourth-order valence-electron chi connectivity index (χ4n) is 2.24. The molecule has 0 spiro atoms. The minimum atomic E-state index is -1.25. The Kier molecular flexibility index (Phi) is 8.50. The van der Waals surface area contributed by atoms with E-state index in [1.54, 1.807) is 11.8 Å². The van der Waals surface area contributed by atoms with Crippen molar-refractivity contribution in [1.29, 1.82) is 0 Å². The van der Waals surface area contributed by atoms with Crippen LogP contribution in [0.3, 0.4) is 0 Å². The second-order valence-corrected chi connectivity index (χ2v) is 6.40. The standard InChI is InChI=1S/C14H27NO3S/c1-2-3-4-5-6-7-8-9-19-10-11-12(16)13(17)14(18)15-11/h11-13,16-17H,2-10H2,1H3,(H,15,18)/t11-,12?,13?/m1/s1. The number of unbranched alkanes of at least 4 members (excludes halogenated alkanes) is 6. The van der Waals surface area contributed by atoms with E-state index in [0.29, 0.717) is 5.75 Å². The molecule has 19 heavy (non-hydrogen) atoms. The maximum Gasteiger partial charge on any atom is 0.251 e. The van der Waals surface area contributed by atoms with Crippen molar-refractivity contribution in [2.75, 3.05) is 11.5 Å². The van der Waals surface area contributed by atoms with Gasteiger partial charge in [-0.15, -0.1) is 0 Å². The van der Waals surface area contributed by atoms with E-state index in [9.17, 15) is 15.0 Å². The van der Waals surface area contributed by atoms with Crippen molar-refractivity contribution in [3.63, 3.8) is 0 Å². The molecule has 1 aliphatic rings. The summed E-state index contributed by atoms with van der Waals surface area (Å²) in [5, 5.41) is 21.5. The van der Waals surface area contributed by atoms with Crippen LogP contribution in [-0.4, -0.2) is 45.9 Å². The highest BCUT2D eigenvalue weighted by Crippen LogP contribution is 2.16. The van der Waals surface area contributed by atoms with Gasteiger partial charge in [0.15, 0.2) is 6.10 Å². The highest BCUT2D eigenvalue weighted by atomic mass is 32.2. The minimum Gasteiger partial charge on any atom is -0.388 e. The number of rotatable bonds is 10. The van der Waals surface area contributed by atoms with Crippen molar-refractivity contribution in [3.05, 3.63) is 0 Å². The van der Waals surface area contributed by atoms with Gasteiger partial charge in [-0.05, 0) is 12.2 Å². The Bertz CT molecular complexity index is 263. The van der Waals surface area contributed by atoms with Gasteiger partial charge in [0, 0.05) is 5.75 Å². The number of hydrogen-bond acceptors (Lipinski definition) is 4. The lowest BCUT2D eigenvalue weighted by molar-refractivity contribution is -0.128. The Hall–Kier alpha value is -0.260. The van der Waals surface area contributed by atoms with Gasteiger partial charge in [0.1, 0.15) is 6.10 Å². The summed E-state index contributed by atoms with van der Waals surface area (Å²) in [6, 6.07) is -0.294. The average molecular weight is 289 g/mol. The molecular formula is C14H27NO3S. The van der Waals surface area contributed by atoms with Crippen LogP contribution in [0.2, 0.25) is 0 Å². The van der Waals surface area contributed by atoms with Crippen LogP contribution < -0.4 is 5.32 Å². The maximum atomic E-state index is 11.1. The van der Waals surface area contributed by atoms with Crippen LogP contribution in [0.1, 0.15) is 51.9 Å². The normalized spacial score (nSPS) is 26.7. The maximum absolute atomic E-state index is 11.1. The summed E-state index contributed by atoms with van der Waals surface area (Å²) < 4.78 is 0. The molecule has 3 N–H and O–H groups in total. The lowest BCUT2D eigenvalue weighted by Gasteiger charge is -2.14.